The molecule has 13 heteroatoms. The molecule has 38 heavy (non-hydrogen) atoms. The minimum absolute atomic E-state index is 0.00332. The van der Waals surface area contributed by atoms with Crippen LogP contribution in [0.3, 0.4) is 0 Å². The molecule has 3 N–H and O–H groups in total. The van der Waals surface area contributed by atoms with Gasteiger partial charge < -0.3 is 14.6 Å². The molecule has 1 aliphatic heterocycles. The van der Waals surface area contributed by atoms with E-state index in [9.17, 15) is 23.6 Å². The summed E-state index contributed by atoms with van der Waals surface area (Å²) in [5, 5.41) is 4.37. The van der Waals surface area contributed by atoms with Crippen molar-refractivity contribution >= 4 is 35.2 Å². The maximum Gasteiger partial charge on any atom is 0.410 e. The van der Waals surface area contributed by atoms with E-state index < -0.39 is 28.8 Å². The third kappa shape index (κ3) is 6.13. The number of hydrogen-bond donors (Lipinski definition) is 3. The normalized spacial score (nSPS) is 14.4. The number of likely N-dealkylation sites (tertiary alicyclic amines) is 1. The molecule has 0 saturated carbocycles. The van der Waals surface area contributed by atoms with Crippen molar-refractivity contribution in [1.82, 2.24) is 30.3 Å². The number of aromatic amines is 1. The van der Waals surface area contributed by atoms with Crippen LogP contribution >= 0.6 is 11.6 Å². The molecule has 1 aliphatic rings. The van der Waals surface area contributed by atoms with Gasteiger partial charge in [0, 0.05) is 35.7 Å². The average Bonchev–Trinajstić information content (AvgIpc) is 3.27. The molecule has 4 rings (SSSR count). The first-order valence-electron chi connectivity index (χ1n) is 12.0. The van der Waals surface area contributed by atoms with Crippen LogP contribution in [0.2, 0.25) is 5.02 Å². The Hall–Kier alpha value is -3.93. The number of aromatic nitrogens is 3. The molecule has 3 aromatic rings. The van der Waals surface area contributed by atoms with Crippen LogP contribution in [0.4, 0.5) is 9.18 Å². The van der Waals surface area contributed by atoms with Crippen molar-refractivity contribution in [2.75, 3.05) is 13.1 Å². The number of nitrogens with one attached hydrogen (secondary N) is 3. The van der Waals surface area contributed by atoms with Crippen LogP contribution < -0.4 is 16.4 Å². The Kier molecular flexibility index (Phi) is 7.72. The van der Waals surface area contributed by atoms with Crippen LogP contribution in [0.15, 0.2) is 35.3 Å². The zero-order chi connectivity index (χ0) is 27.6. The highest BCUT2D eigenvalue weighted by atomic mass is 35.5. The van der Waals surface area contributed by atoms with Gasteiger partial charge in [0.1, 0.15) is 22.6 Å². The minimum Gasteiger partial charge on any atom is -0.444 e. The van der Waals surface area contributed by atoms with E-state index in [4.69, 9.17) is 16.3 Å². The fourth-order valence-corrected chi connectivity index (χ4v) is 4.48. The highest BCUT2D eigenvalue weighted by Crippen LogP contribution is 2.28. The maximum absolute atomic E-state index is 13.9. The van der Waals surface area contributed by atoms with E-state index in [1.165, 1.54) is 35.0 Å². The summed E-state index contributed by atoms with van der Waals surface area (Å²) < 4.78 is 20.9. The van der Waals surface area contributed by atoms with Crippen molar-refractivity contribution in [3.05, 3.63) is 68.5 Å². The van der Waals surface area contributed by atoms with Gasteiger partial charge in [-0.3, -0.25) is 25.2 Å². The largest absolute Gasteiger partial charge is 0.444 e. The highest BCUT2D eigenvalue weighted by Gasteiger charge is 2.29. The van der Waals surface area contributed by atoms with Crippen LogP contribution in [0.25, 0.3) is 5.65 Å². The molecule has 1 fully saturated rings. The van der Waals surface area contributed by atoms with Crippen molar-refractivity contribution in [3.8, 4) is 0 Å². The molecule has 2 aromatic heterocycles. The number of benzene rings is 1. The van der Waals surface area contributed by atoms with Crippen LogP contribution in [0.1, 0.15) is 61.1 Å². The fourth-order valence-electron chi connectivity index (χ4n) is 4.25. The lowest BCUT2D eigenvalue weighted by Gasteiger charge is -2.33. The van der Waals surface area contributed by atoms with Gasteiger partial charge in [0.05, 0.1) is 18.3 Å². The number of carbonyl (C=O) groups is 3. The Morgan fingerprint density at radius 2 is 1.92 bits per heavy atom. The summed E-state index contributed by atoms with van der Waals surface area (Å²) in [6.45, 7) is 6.31. The minimum atomic E-state index is -0.722. The van der Waals surface area contributed by atoms with E-state index in [0.29, 0.717) is 31.6 Å². The topological polar surface area (TPSA) is 138 Å². The van der Waals surface area contributed by atoms with Gasteiger partial charge in [0.2, 0.25) is 5.91 Å². The molecule has 11 nitrogen and oxygen atoms in total. The van der Waals surface area contributed by atoms with Crippen molar-refractivity contribution in [1.29, 1.82) is 0 Å². The van der Waals surface area contributed by atoms with Gasteiger partial charge >= 0.3 is 6.09 Å². The second-order valence-corrected chi connectivity index (χ2v) is 10.4. The van der Waals surface area contributed by atoms with Gasteiger partial charge in [0.15, 0.2) is 0 Å². The summed E-state index contributed by atoms with van der Waals surface area (Å²) in [5.74, 6) is -2.13. The van der Waals surface area contributed by atoms with E-state index in [2.05, 4.69) is 20.9 Å². The monoisotopic (exact) mass is 546 g/mol. The smallest absolute Gasteiger partial charge is 0.410 e. The van der Waals surface area contributed by atoms with E-state index in [-0.39, 0.29) is 40.2 Å². The van der Waals surface area contributed by atoms with Crippen LogP contribution in [-0.2, 0) is 16.0 Å². The molecule has 1 aromatic carbocycles. The van der Waals surface area contributed by atoms with E-state index in [1.807, 2.05) is 0 Å². The number of ether oxygens (including phenoxy) is 1. The predicted molar refractivity (Wildman–Crippen MR) is 136 cm³/mol. The molecule has 3 heterocycles. The number of piperidine rings is 1. The summed E-state index contributed by atoms with van der Waals surface area (Å²) >= 11 is 5.95. The second kappa shape index (κ2) is 10.8. The molecule has 0 unspecified atom stereocenters. The molecule has 3 amide bonds. The number of nitrogens with zero attached hydrogens (tertiary/aromatic N) is 3. The number of carbonyl (C=O) groups excluding carboxylic acids is 3. The molecule has 0 aliphatic carbocycles. The molecule has 0 bridgehead atoms. The summed E-state index contributed by atoms with van der Waals surface area (Å²) in [4.78, 5) is 54.1. The Morgan fingerprint density at radius 3 is 2.58 bits per heavy atom. The van der Waals surface area contributed by atoms with Gasteiger partial charge in [-0.05, 0) is 45.7 Å². The maximum atomic E-state index is 13.9. The quantitative estimate of drug-likeness (QED) is 0.430. The second-order valence-electron chi connectivity index (χ2n) is 10.00. The summed E-state index contributed by atoms with van der Waals surface area (Å²) in [5.41, 5.74) is 4.25. The molecule has 1 saturated heterocycles. The standard InChI is InChI=1S/C25H28ClFN6O5/c1-25(2,3)38-24(37)32-9-7-14(8-10-32)19-12-20(34)29-22-16(13-28-33(19)22)23(36)31-30-21(35)11-15-17(26)5-4-6-18(15)27/h4-6,12-14H,7-11H2,1-3H3,(H,29,34)(H,30,35)(H,31,36). The SMILES string of the molecule is CC(C)(C)OC(=O)N1CCC(c2cc(=O)[nH]c3c(C(=O)NNC(=O)Cc4c(F)cccc4Cl)cnn23)CC1. The number of fused-ring (bicyclic) bond motifs is 1. The van der Waals surface area contributed by atoms with Gasteiger partial charge in [-0.15, -0.1) is 0 Å². The Labute approximate surface area is 222 Å². The zero-order valence-electron chi connectivity index (χ0n) is 21.1. The molecule has 202 valence electrons. The van der Waals surface area contributed by atoms with E-state index >= 15 is 0 Å². The molecule has 0 spiro atoms. The third-order valence-electron chi connectivity index (χ3n) is 6.06. The van der Waals surface area contributed by atoms with Crippen molar-refractivity contribution in [3.63, 3.8) is 0 Å². The van der Waals surface area contributed by atoms with E-state index in [1.54, 1.807) is 25.7 Å². The fraction of sp³-hybridized carbons (Fsp3) is 0.400. The lowest BCUT2D eigenvalue weighted by Crippen LogP contribution is -2.42. The van der Waals surface area contributed by atoms with Crippen LogP contribution in [0, 0.1) is 5.82 Å². The lowest BCUT2D eigenvalue weighted by atomic mass is 9.93. The molecule has 0 atom stereocenters. The van der Waals surface area contributed by atoms with Crippen molar-refractivity contribution < 1.29 is 23.5 Å². The van der Waals surface area contributed by atoms with Crippen LogP contribution in [0.5, 0.6) is 0 Å². The number of hydrazine groups is 1. The average molecular weight is 547 g/mol. The highest BCUT2D eigenvalue weighted by molar-refractivity contribution is 6.31. The Balaban J connectivity index is 1.44. The molecular formula is C25H28ClFN6O5. The number of amides is 3. The number of rotatable bonds is 4. The zero-order valence-corrected chi connectivity index (χ0v) is 21.9. The first-order chi connectivity index (χ1) is 17.9. The number of halogens is 2. The Bertz CT molecular complexity index is 1420. The number of hydrogen-bond acceptors (Lipinski definition) is 6. The lowest BCUT2D eigenvalue weighted by molar-refractivity contribution is -0.121. The molecular weight excluding hydrogens is 519 g/mol. The van der Waals surface area contributed by atoms with E-state index in [0.717, 1.165) is 0 Å². The third-order valence-corrected chi connectivity index (χ3v) is 6.41. The first-order valence-corrected chi connectivity index (χ1v) is 12.4. The summed E-state index contributed by atoms with van der Waals surface area (Å²) in [6.07, 6.45) is 1.66. The van der Waals surface area contributed by atoms with Gasteiger partial charge in [0.25, 0.3) is 11.5 Å². The summed E-state index contributed by atoms with van der Waals surface area (Å²) in [6, 6.07) is 5.49. The van der Waals surface area contributed by atoms with Crippen molar-refractivity contribution in [2.24, 2.45) is 0 Å². The Morgan fingerprint density at radius 1 is 1.21 bits per heavy atom. The first kappa shape index (κ1) is 27.1. The summed E-state index contributed by atoms with van der Waals surface area (Å²) in [7, 11) is 0. The number of H-pyrrole nitrogens is 1. The van der Waals surface area contributed by atoms with Crippen molar-refractivity contribution in [2.45, 2.75) is 51.6 Å². The van der Waals surface area contributed by atoms with Gasteiger partial charge in [-0.2, -0.15) is 5.10 Å². The predicted octanol–water partition coefficient (Wildman–Crippen LogP) is 2.93. The van der Waals surface area contributed by atoms with Gasteiger partial charge in [-0.25, -0.2) is 13.7 Å². The van der Waals surface area contributed by atoms with Crippen LogP contribution in [-0.4, -0.2) is 56.1 Å². The van der Waals surface area contributed by atoms with Gasteiger partial charge in [-0.1, -0.05) is 17.7 Å². The molecule has 0 radical (unpaired) electrons.